The fourth-order valence-corrected chi connectivity index (χ4v) is 5.92. The van der Waals surface area contributed by atoms with Crippen LogP contribution >= 0.6 is 0 Å². The molecule has 1 heteroatoms. The fourth-order valence-electron chi connectivity index (χ4n) is 5.92. The van der Waals surface area contributed by atoms with Gasteiger partial charge in [-0.3, -0.25) is 0 Å². The first-order valence-electron chi connectivity index (χ1n) is 22.1. The lowest BCUT2D eigenvalue weighted by molar-refractivity contribution is 0.669. The summed E-state index contributed by atoms with van der Waals surface area (Å²) in [4.78, 5) is 0. The lowest BCUT2D eigenvalue weighted by Gasteiger charge is -2.19. The minimum Gasteiger partial charge on any atom is -0.456 e. The fraction of sp³-hybridized carbons (Fsp3) is 0. The largest absolute Gasteiger partial charge is 0.456 e. The summed E-state index contributed by atoms with van der Waals surface area (Å²) >= 11 is 0. The molecule has 0 radical (unpaired) electrons. The third-order valence-corrected chi connectivity index (χ3v) is 7.89. The van der Waals surface area contributed by atoms with E-state index in [0.29, 0.717) is 27.1 Å². The first-order chi connectivity index (χ1) is 29.0. The van der Waals surface area contributed by atoms with Crippen molar-refractivity contribution in [1.82, 2.24) is 0 Å². The van der Waals surface area contributed by atoms with E-state index < -0.39 is 108 Å². The van der Waals surface area contributed by atoms with Crippen LogP contribution in [0.1, 0.15) is 21.9 Å². The first kappa shape index (κ1) is 14.2. The zero-order valence-electron chi connectivity index (χ0n) is 39.3. The molecule has 1 aromatic heterocycles. The Kier molecular flexibility index (Phi) is 3.28. The van der Waals surface area contributed by atoms with E-state index >= 15 is 0 Å². The van der Waals surface area contributed by atoms with Gasteiger partial charge in [-0.25, -0.2) is 0 Å². The van der Waals surface area contributed by atoms with Crippen molar-refractivity contribution in [3.63, 3.8) is 0 Å². The van der Waals surface area contributed by atoms with E-state index in [-0.39, 0.29) is 44.2 Å². The minimum atomic E-state index is -0.691. The molecule has 9 rings (SSSR count). The standard InChI is InChI=1S/C44H28O/c1-3-12-29(13-4-1)32-22-24-38-40(28-32)44(37-20-8-7-19-36(37)43(38)30-14-5-2-6-15-30)34-17-11-16-31(26-34)33-23-25-42-39(27-33)35-18-9-10-21-41(35)45-42/h1-28H/i2D,5D,6D,9D,10D,11D,14D,15D,16D,17D,18D,21D,23D,25D,26D,27D. The lowest BCUT2D eigenvalue weighted by atomic mass is 9.84. The van der Waals surface area contributed by atoms with Gasteiger partial charge in [0.2, 0.25) is 0 Å². The number of para-hydroxylation sites is 1. The third kappa shape index (κ3) is 4.24. The molecule has 0 saturated carbocycles. The van der Waals surface area contributed by atoms with E-state index in [4.69, 9.17) is 22.2 Å². The quantitative estimate of drug-likeness (QED) is 0.186. The van der Waals surface area contributed by atoms with Gasteiger partial charge in [0.15, 0.2) is 0 Å². The molecule has 0 aliphatic carbocycles. The molecule has 0 amide bonds. The zero-order chi connectivity index (χ0) is 43.7. The van der Waals surface area contributed by atoms with Crippen LogP contribution in [0, 0.1) is 0 Å². The van der Waals surface area contributed by atoms with Crippen molar-refractivity contribution in [1.29, 1.82) is 0 Å². The summed E-state index contributed by atoms with van der Waals surface area (Å²) in [6.45, 7) is 0. The summed E-state index contributed by atoms with van der Waals surface area (Å²) < 4.78 is 148. The maximum absolute atomic E-state index is 9.84. The van der Waals surface area contributed by atoms with Crippen LogP contribution in [0.25, 0.3) is 88.0 Å². The molecule has 0 saturated heterocycles. The van der Waals surface area contributed by atoms with Crippen LogP contribution in [-0.4, -0.2) is 0 Å². The Labute approximate surface area is 284 Å². The van der Waals surface area contributed by atoms with Gasteiger partial charge in [-0.2, -0.15) is 0 Å². The summed E-state index contributed by atoms with van der Waals surface area (Å²) in [6.07, 6.45) is 0. The summed E-state index contributed by atoms with van der Waals surface area (Å²) in [7, 11) is 0. The van der Waals surface area contributed by atoms with Gasteiger partial charge in [0.05, 0.1) is 21.9 Å². The van der Waals surface area contributed by atoms with E-state index in [1.165, 1.54) is 0 Å². The first-order valence-corrected chi connectivity index (χ1v) is 14.1. The van der Waals surface area contributed by atoms with E-state index in [1.807, 2.05) is 30.3 Å². The second-order valence-electron chi connectivity index (χ2n) is 10.4. The van der Waals surface area contributed by atoms with E-state index in [2.05, 4.69) is 0 Å². The third-order valence-electron chi connectivity index (χ3n) is 7.89. The van der Waals surface area contributed by atoms with Gasteiger partial charge in [0.1, 0.15) is 11.2 Å². The van der Waals surface area contributed by atoms with Crippen LogP contribution in [-0.2, 0) is 0 Å². The Hall–Kier alpha value is -5.92. The van der Waals surface area contributed by atoms with Gasteiger partial charge in [0, 0.05) is 10.8 Å². The monoisotopic (exact) mass is 588 g/mol. The number of benzene rings is 8. The van der Waals surface area contributed by atoms with Gasteiger partial charge in [-0.15, -0.1) is 0 Å². The van der Waals surface area contributed by atoms with Crippen molar-refractivity contribution in [2.24, 2.45) is 0 Å². The second-order valence-corrected chi connectivity index (χ2v) is 10.4. The van der Waals surface area contributed by atoms with Crippen molar-refractivity contribution in [2.75, 3.05) is 0 Å². The Morgan fingerprint density at radius 3 is 1.84 bits per heavy atom. The molecular formula is C44H28O. The summed E-state index contributed by atoms with van der Waals surface area (Å²) in [5.41, 5.74) is 0.114. The van der Waals surface area contributed by atoms with Gasteiger partial charge in [0.25, 0.3) is 0 Å². The molecular weight excluding hydrogens is 544 g/mol. The molecule has 45 heavy (non-hydrogen) atoms. The molecule has 210 valence electrons. The predicted molar refractivity (Wildman–Crippen MR) is 190 cm³/mol. The highest BCUT2D eigenvalue weighted by Gasteiger charge is 2.18. The molecule has 1 nitrogen and oxygen atoms in total. The van der Waals surface area contributed by atoms with Crippen molar-refractivity contribution in [3.8, 4) is 44.5 Å². The molecule has 8 aromatic carbocycles. The van der Waals surface area contributed by atoms with Crippen molar-refractivity contribution in [3.05, 3.63) is 169 Å². The normalized spacial score (nSPS) is 16.5. The van der Waals surface area contributed by atoms with Crippen LogP contribution in [0.15, 0.2) is 174 Å². The topological polar surface area (TPSA) is 13.1 Å². The molecule has 0 aliphatic heterocycles. The van der Waals surface area contributed by atoms with Crippen LogP contribution in [0.3, 0.4) is 0 Å². The molecule has 0 N–H and O–H groups in total. The predicted octanol–water partition coefficient (Wildman–Crippen LogP) is 12.6. The van der Waals surface area contributed by atoms with E-state index in [0.717, 1.165) is 5.56 Å². The van der Waals surface area contributed by atoms with Crippen molar-refractivity contribution < 1.29 is 26.3 Å². The Morgan fingerprint density at radius 2 is 1.00 bits per heavy atom. The van der Waals surface area contributed by atoms with E-state index in [1.54, 1.807) is 42.5 Å². The minimum absolute atomic E-state index is 0.0777. The molecule has 9 aromatic rings. The lowest BCUT2D eigenvalue weighted by Crippen LogP contribution is -1.92. The van der Waals surface area contributed by atoms with E-state index in [9.17, 15) is 4.11 Å². The van der Waals surface area contributed by atoms with Crippen LogP contribution in [0.4, 0.5) is 0 Å². The Bertz CT molecular complexity index is 3400. The van der Waals surface area contributed by atoms with Gasteiger partial charge >= 0.3 is 0 Å². The zero-order valence-corrected chi connectivity index (χ0v) is 23.3. The smallest absolute Gasteiger partial charge is 0.135 e. The highest BCUT2D eigenvalue weighted by Crippen LogP contribution is 2.45. The molecule has 1 heterocycles. The molecule has 0 spiro atoms. The second kappa shape index (κ2) is 10.4. The summed E-state index contributed by atoms with van der Waals surface area (Å²) in [5.74, 6) is 0. The molecule has 0 aliphatic rings. The van der Waals surface area contributed by atoms with Gasteiger partial charge in [-0.05, 0) is 96.3 Å². The molecule has 0 unspecified atom stereocenters. The molecule has 0 bridgehead atoms. The van der Waals surface area contributed by atoms with Crippen LogP contribution < -0.4 is 0 Å². The summed E-state index contributed by atoms with van der Waals surface area (Å²) in [6, 6.07) is 12.1. The average Bonchev–Trinajstić information content (AvgIpc) is 3.68. The van der Waals surface area contributed by atoms with Crippen molar-refractivity contribution >= 4 is 43.5 Å². The summed E-state index contributed by atoms with van der Waals surface area (Å²) in [5, 5.41) is 1.01. The molecule has 0 atom stereocenters. The van der Waals surface area contributed by atoms with Crippen LogP contribution in [0.2, 0.25) is 0 Å². The number of rotatable bonds is 4. The molecule has 0 fully saturated rings. The number of fused-ring (bicyclic) bond motifs is 5. The Morgan fingerprint density at radius 1 is 0.356 bits per heavy atom. The maximum atomic E-state index is 9.84. The number of hydrogen-bond acceptors (Lipinski definition) is 1. The SMILES string of the molecule is [2H]c1c([2H])c([2H])c(-c2c3ccccc3c(-c3c([2H])c([2H])c([2H])c(-c4c([2H])c([2H])c5oc6c([2H])c([2H])c([2H])c([2H])c6c5c4[2H])c3[2H])c3cc(-c4ccccc4)ccc23)c([2H])c1[2H]. The van der Waals surface area contributed by atoms with Gasteiger partial charge < -0.3 is 4.42 Å². The van der Waals surface area contributed by atoms with Gasteiger partial charge in [-0.1, -0.05) is 139 Å². The highest BCUT2D eigenvalue weighted by molar-refractivity contribution is 6.22. The Balaban J connectivity index is 1.47. The average molecular weight is 589 g/mol. The maximum Gasteiger partial charge on any atom is 0.135 e. The van der Waals surface area contributed by atoms with Crippen molar-refractivity contribution in [2.45, 2.75) is 0 Å². The highest BCUT2D eigenvalue weighted by atomic mass is 16.3. The number of hydrogen-bond donors (Lipinski definition) is 0. The van der Waals surface area contributed by atoms with Crippen LogP contribution in [0.5, 0.6) is 0 Å². The number of furan rings is 1.